The predicted octanol–water partition coefficient (Wildman–Crippen LogP) is 3.90. The van der Waals surface area contributed by atoms with Crippen molar-refractivity contribution in [3.8, 4) is 0 Å². The molecule has 25 heavy (non-hydrogen) atoms. The highest BCUT2D eigenvalue weighted by atomic mass is 79.9. The summed E-state index contributed by atoms with van der Waals surface area (Å²) in [6, 6.07) is 5.57. The van der Waals surface area contributed by atoms with Crippen LogP contribution in [0.15, 0.2) is 22.7 Å². The van der Waals surface area contributed by atoms with E-state index in [2.05, 4.69) is 15.9 Å². The number of benzene rings is 1. The van der Waals surface area contributed by atoms with Crippen LogP contribution >= 0.6 is 15.9 Å². The summed E-state index contributed by atoms with van der Waals surface area (Å²) in [6.07, 6.45) is 0.557. The van der Waals surface area contributed by atoms with Gasteiger partial charge in [0.05, 0.1) is 10.8 Å². The van der Waals surface area contributed by atoms with Crippen LogP contribution in [0.3, 0.4) is 0 Å². The third-order valence-corrected chi connectivity index (χ3v) is 5.70. The fourth-order valence-electron chi connectivity index (χ4n) is 2.73. The zero-order valence-electron chi connectivity index (χ0n) is 15.7. The number of rotatable bonds is 8. The van der Waals surface area contributed by atoms with Crippen LogP contribution in [-0.4, -0.2) is 23.1 Å². The van der Waals surface area contributed by atoms with Gasteiger partial charge in [-0.25, -0.2) is 0 Å². The molecule has 0 aliphatic rings. The Hall–Kier alpha value is -1.62. The molecule has 0 heterocycles. The summed E-state index contributed by atoms with van der Waals surface area (Å²) in [5.74, 6) is -0.727. The Balaban J connectivity index is 3.29. The molecule has 0 aliphatic heterocycles. The Morgan fingerprint density at radius 1 is 0.720 bits per heavy atom. The lowest BCUT2D eigenvalue weighted by Gasteiger charge is -2.26. The molecule has 0 N–H and O–H groups in total. The summed E-state index contributed by atoms with van der Waals surface area (Å²) < 4.78 is 0.781. The molecule has 1 rings (SSSR count). The second-order valence-corrected chi connectivity index (χ2v) is 8.13. The quantitative estimate of drug-likeness (QED) is 0.611. The first-order valence-electron chi connectivity index (χ1n) is 8.15. The minimum atomic E-state index is -1.08. The van der Waals surface area contributed by atoms with E-state index in [0.29, 0.717) is 0 Å². The van der Waals surface area contributed by atoms with Crippen LogP contribution in [-0.2, 0) is 32.0 Å². The maximum atomic E-state index is 12.0. The molecular weight excluding hydrogens is 384 g/mol. The lowest BCUT2D eigenvalue weighted by atomic mass is 9.75. The van der Waals surface area contributed by atoms with Crippen molar-refractivity contribution in [2.24, 2.45) is 10.8 Å². The van der Waals surface area contributed by atoms with Gasteiger partial charge in [0, 0.05) is 4.47 Å². The normalized spacial score (nSPS) is 12.0. The molecule has 1 aromatic carbocycles. The number of ketones is 4. The highest BCUT2D eigenvalue weighted by molar-refractivity contribution is 9.10. The molecule has 0 bridgehead atoms. The lowest BCUT2D eigenvalue weighted by Crippen LogP contribution is -2.36. The minimum Gasteiger partial charge on any atom is -0.299 e. The number of halogens is 1. The second-order valence-electron chi connectivity index (χ2n) is 7.21. The molecule has 0 fully saturated rings. The van der Waals surface area contributed by atoms with Gasteiger partial charge in [-0.2, -0.15) is 0 Å². The van der Waals surface area contributed by atoms with Gasteiger partial charge in [-0.15, -0.1) is 0 Å². The first-order valence-corrected chi connectivity index (χ1v) is 8.94. The fraction of sp³-hybridized carbons (Fsp3) is 0.500. The zero-order chi connectivity index (χ0) is 19.6. The summed E-state index contributed by atoms with van der Waals surface area (Å²) in [5.41, 5.74) is -0.538. The number of hydrogen-bond donors (Lipinski definition) is 0. The predicted molar refractivity (Wildman–Crippen MR) is 100 cm³/mol. The minimum absolute atomic E-state index is 0.182. The van der Waals surface area contributed by atoms with Gasteiger partial charge in [-0.3, -0.25) is 19.2 Å². The Morgan fingerprint density at radius 2 is 1.00 bits per heavy atom. The van der Waals surface area contributed by atoms with E-state index in [4.69, 9.17) is 0 Å². The molecule has 1 aromatic rings. The van der Waals surface area contributed by atoms with Crippen LogP contribution < -0.4 is 0 Å². The van der Waals surface area contributed by atoms with E-state index >= 15 is 0 Å². The van der Waals surface area contributed by atoms with Crippen molar-refractivity contribution in [1.29, 1.82) is 0 Å². The molecule has 136 valence electrons. The van der Waals surface area contributed by atoms with E-state index in [1.54, 1.807) is 13.8 Å². The molecule has 0 spiro atoms. The van der Waals surface area contributed by atoms with Crippen molar-refractivity contribution >= 4 is 39.1 Å². The zero-order valence-corrected chi connectivity index (χ0v) is 17.2. The van der Waals surface area contributed by atoms with Crippen molar-refractivity contribution in [3.63, 3.8) is 0 Å². The molecule has 0 aromatic heterocycles. The lowest BCUT2D eigenvalue weighted by molar-refractivity contribution is -0.138. The SMILES string of the molecule is CC(=O)C(C)(Cc1cc(Br)cc(CC(C)(C(C)=O)C(C)=O)c1)C(C)=O. The van der Waals surface area contributed by atoms with Gasteiger partial charge in [-0.1, -0.05) is 22.0 Å². The Kier molecular flexibility index (Phi) is 6.62. The van der Waals surface area contributed by atoms with Gasteiger partial charge >= 0.3 is 0 Å². The molecule has 0 unspecified atom stereocenters. The topological polar surface area (TPSA) is 68.3 Å². The first-order chi connectivity index (χ1) is 11.3. The van der Waals surface area contributed by atoms with Gasteiger partial charge in [0.25, 0.3) is 0 Å². The van der Waals surface area contributed by atoms with Gasteiger partial charge < -0.3 is 0 Å². The van der Waals surface area contributed by atoms with Crippen LogP contribution in [0.4, 0.5) is 0 Å². The smallest absolute Gasteiger partial charge is 0.143 e. The van der Waals surface area contributed by atoms with Crippen LogP contribution in [0, 0.1) is 10.8 Å². The summed E-state index contributed by atoms with van der Waals surface area (Å²) in [7, 11) is 0. The molecule has 0 atom stereocenters. The van der Waals surface area contributed by atoms with Gasteiger partial charge in [-0.05, 0) is 77.6 Å². The molecule has 0 radical (unpaired) electrons. The summed E-state index contributed by atoms with van der Waals surface area (Å²) in [6.45, 7) is 8.97. The average Bonchev–Trinajstić information content (AvgIpc) is 2.45. The monoisotopic (exact) mass is 408 g/mol. The maximum Gasteiger partial charge on any atom is 0.143 e. The highest BCUT2D eigenvalue weighted by Gasteiger charge is 2.37. The maximum absolute atomic E-state index is 12.0. The highest BCUT2D eigenvalue weighted by Crippen LogP contribution is 2.31. The number of Topliss-reactive ketones (excluding diaryl/α,β-unsaturated/α-hetero) is 4. The summed E-state index contributed by atoms with van der Waals surface area (Å²) in [5, 5.41) is 0. The molecule has 0 saturated heterocycles. The third kappa shape index (κ3) is 4.72. The van der Waals surface area contributed by atoms with Crippen molar-refractivity contribution in [2.45, 2.75) is 54.4 Å². The van der Waals surface area contributed by atoms with Crippen molar-refractivity contribution in [1.82, 2.24) is 0 Å². The molecule has 0 amide bonds. The third-order valence-electron chi connectivity index (χ3n) is 5.24. The first kappa shape index (κ1) is 21.4. The number of carbonyl (C=O) groups is 4. The Morgan fingerprint density at radius 3 is 1.24 bits per heavy atom. The number of hydrogen-bond acceptors (Lipinski definition) is 4. The van der Waals surface area contributed by atoms with Crippen LogP contribution in [0.25, 0.3) is 0 Å². The fourth-order valence-corrected chi connectivity index (χ4v) is 3.32. The molecular formula is C20H25BrO4. The Labute approximate surface area is 157 Å². The van der Waals surface area contributed by atoms with E-state index in [-0.39, 0.29) is 36.0 Å². The van der Waals surface area contributed by atoms with Crippen molar-refractivity contribution < 1.29 is 19.2 Å². The largest absolute Gasteiger partial charge is 0.299 e. The van der Waals surface area contributed by atoms with Crippen molar-refractivity contribution in [2.75, 3.05) is 0 Å². The van der Waals surface area contributed by atoms with Crippen LogP contribution in [0.1, 0.15) is 52.7 Å². The number of carbonyl (C=O) groups excluding carboxylic acids is 4. The van der Waals surface area contributed by atoms with Crippen molar-refractivity contribution in [3.05, 3.63) is 33.8 Å². The van der Waals surface area contributed by atoms with E-state index in [9.17, 15) is 19.2 Å². The standard InChI is InChI=1S/C20H25BrO4/c1-12(22)19(5,13(2)23)10-16-7-17(9-18(21)8-16)11-20(6,14(3)24)15(4)25/h7-9H,10-11H2,1-6H3. The van der Waals surface area contributed by atoms with E-state index in [1.807, 2.05) is 18.2 Å². The van der Waals surface area contributed by atoms with E-state index in [0.717, 1.165) is 15.6 Å². The van der Waals surface area contributed by atoms with Gasteiger partial charge in [0.1, 0.15) is 23.1 Å². The van der Waals surface area contributed by atoms with Crippen LogP contribution in [0.2, 0.25) is 0 Å². The Bertz CT molecular complexity index is 647. The average molecular weight is 409 g/mol. The molecule has 0 saturated carbocycles. The summed E-state index contributed by atoms with van der Waals surface area (Å²) >= 11 is 3.44. The summed E-state index contributed by atoms with van der Waals surface area (Å²) in [4.78, 5) is 47.9. The second kappa shape index (κ2) is 7.73. The van der Waals surface area contributed by atoms with E-state index < -0.39 is 10.8 Å². The van der Waals surface area contributed by atoms with Gasteiger partial charge in [0.15, 0.2) is 0 Å². The van der Waals surface area contributed by atoms with Crippen LogP contribution in [0.5, 0.6) is 0 Å². The molecule has 4 nitrogen and oxygen atoms in total. The molecule has 0 aliphatic carbocycles. The molecule has 5 heteroatoms. The van der Waals surface area contributed by atoms with E-state index in [1.165, 1.54) is 27.7 Å². The van der Waals surface area contributed by atoms with Gasteiger partial charge in [0.2, 0.25) is 0 Å².